The van der Waals surface area contributed by atoms with Gasteiger partial charge in [-0.3, -0.25) is 0 Å². The lowest BCUT2D eigenvalue weighted by molar-refractivity contribution is -0.0656. The van der Waals surface area contributed by atoms with Crippen molar-refractivity contribution in [3.8, 4) is 0 Å². The second-order valence-corrected chi connectivity index (χ2v) is 7.29. The van der Waals surface area contributed by atoms with E-state index in [2.05, 4.69) is 24.4 Å². The zero-order valence-electron chi connectivity index (χ0n) is 13.5. The van der Waals surface area contributed by atoms with Gasteiger partial charge in [0.25, 0.3) is 0 Å². The molecular weight excluding hydrogens is 308 g/mol. The molecule has 1 N–H and O–H groups in total. The van der Waals surface area contributed by atoms with Crippen LogP contribution in [-0.2, 0) is 11.3 Å². The molecule has 122 valence electrons. The lowest BCUT2D eigenvalue weighted by Crippen LogP contribution is -2.49. The van der Waals surface area contributed by atoms with E-state index >= 15 is 0 Å². The Morgan fingerprint density at radius 3 is 2.74 bits per heavy atom. The fraction of sp³-hybridized carbons (Fsp3) is 0.389. The Hall–Kier alpha value is -1.85. The van der Waals surface area contributed by atoms with Crippen LogP contribution in [0.3, 0.4) is 0 Å². The molecule has 1 saturated heterocycles. The number of benzene rings is 1. The summed E-state index contributed by atoms with van der Waals surface area (Å²) in [6.45, 7) is 5.88. The molecule has 2 aromatic rings. The van der Waals surface area contributed by atoms with Crippen LogP contribution in [0.15, 0.2) is 42.5 Å². The molecule has 5 heteroatoms. The van der Waals surface area contributed by atoms with Crippen molar-refractivity contribution < 1.29 is 9.53 Å². The van der Waals surface area contributed by atoms with Crippen LogP contribution in [0.2, 0.25) is 0 Å². The predicted octanol–water partition coefficient (Wildman–Crippen LogP) is 3.73. The van der Waals surface area contributed by atoms with Gasteiger partial charge in [0.2, 0.25) is 0 Å². The third-order valence-electron chi connectivity index (χ3n) is 3.93. The van der Waals surface area contributed by atoms with Crippen molar-refractivity contribution in [2.75, 3.05) is 13.1 Å². The summed E-state index contributed by atoms with van der Waals surface area (Å²) in [5, 5.41) is 3.02. The number of nitrogens with one attached hydrogen (secondary N) is 1. The van der Waals surface area contributed by atoms with E-state index < -0.39 is 0 Å². The number of thiophene rings is 1. The van der Waals surface area contributed by atoms with E-state index in [1.54, 1.807) is 11.3 Å². The normalized spacial score (nSPS) is 21.2. The maximum atomic E-state index is 12.5. The number of carbonyl (C=O) groups is 1. The molecule has 23 heavy (non-hydrogen) atoms. The molecule has 4 nitrogen and oxygen atoms in total. The Bertz CT molecular complexity index is 656. The summed E-state index contributed by atoms with van der Waals surface area (Å²) in [4.78, 5) is 16.8. The number of carbonyl (C=O) groups excluding carboxylic acids is 1. The number of rotatable bonds is 3. The van der Waals surface area contributed by atoms with E-state index in [9.17, 15) is 4.79 Å². The Morgan fingerprint density at radius 2 is 2.04 bits per heavy atom. The van der Waals surface area contributed by atoms with Crippen LogP contribution < -0.4 is 5.32 Å². The largest absolute Gasteiger partial charge is 0.367 e. The molecule has 2 atom stereocenters. The van der Waals surface area contributed by atoms with Gasteiger partial charge in [-0.25, -0.2) is 4.79 Å². The molecule has 0 spiro atoms. The van der Waals surface area contributed by atoms with Crippen molar-refractivity contribution in [3.05, 3.63) is 57.8 Å². The monoisotopic (exact) mass is 330 g/mol. The van der Waals surface area contributed by atoms with Crippen molar-refractivity contribution in [2.45, 2.75) is 32.6 Å². The molecule has 0 radical (unpaired) electrons. The highest BCUT2D eigenvalue weighted by atomic mass is 32.1. The Balaban J connectivity index is 1.61. The van der Waals surface area contributed by atoms with Crippen LogP contribution in [0.1, 0.15) is 28.3 Å². The lowest BCUT2D eigenvalue weighted by Gasteiger charge is -2.37. The highest BCUT2D eigenvalue weighted by Crippen LogP contribution is 2.25. The third kappa shape index (κ3) is 4.12. The van der Waals surface area contributed by atoms with E-state index in [0.29, 0.717) is 19.6 Å². The summed E-state index contributed by atoms with van der Waals surface area (Å²) in [6.07, 6.45) is -0.0293. The van der Waals surface area contributed by atoms with Crippen LogP contribution >= 0.6 is 11.3 Å². The maximum absolute atomic E-state index is 12.5. The smallest absolute Gasteiger partial charge is 0.317 e. The summed E-state index contributed by atoms with van der Waals surface area (Å²) >= 11 is 1.72. The molecule has 2 amide bonds. The van der Waals surface area contributed by atoms with Crippen LogP contribution in [-0.4, -0.2) is 30.1 Å². The average molecular weight is 330 g/mol. The zero-order valence-corrected chi connectivity index (χ0v) is 14.3. The second-order valence-electron chi connectivity index (χ2n) is 5.92. The standard InChI is InChI=1S/C18H22N2O2S/c1-13-11-20(12-17(22-13)15-6-4-3-5-7-15)18(21)19-10-16-9-8-14(2)23-16/h3-9,13,17H,10-12H2,1-2H3,(H,19,21). The van der Waals surface area contributed by atoms with Gasteiger partial charge in [0, 0.05) is 16.3 Å². The molecule has 0 saturated carbocycles. The Labute approximate surface area is 141 Å². The highest BCUT2D eigenvalue weighted by molar-refractivity contribution is 7.11. The minimum atomic E-state index is -0.0605. The van der Waals surface area contributed by atoms with E-state index in [-0.39, 0.29) is 18.2 Å². The first-order chi connectivity index (χ1) is 11.1. The van der Waals surface area contributed by atoms with Gasteiger partial charge >= 0.3 is 6.03 Å². The first-order valence-corrected chi connectivity index (χ1v) is 8.72. The number of nitrogens with zero attached hydrogens (tertiary/aromatic N) is 1. The van der Waals surface area contributed by atoms with Gasteiger partial charge in [-0.2, -0.15) is 0 Å². The average Bonchev–Trinajstić information content (AvgIpc) is 2.98. The van der Waals surface area contributed by atoms with E-state index in [1.807, 2.05) is 42.2 Å². The molecule has 1 aromatic heterocycles. The minimum Gasteiger partial charge on any atom is -0.367 e. The Morgan fingerprint density at radius 1 is 1.26 bits per heavy atom. The van der Waals surface area contributed by atoms with Crippen molar-refractivity contribution in [1.29, 1.82) is 0 Å². The van der Waals surface area contributed by atoms with Gasteiger partial charge in [0.15, 0.2) is 0 Å². The van der Waals surface area contributed by atoms with E-state index in [4.69, 9.17) is 4.74 Å². The molecule has 1 aliphatic heterocycles. The lowest BCUT2D eigenvalue weighted by atomic mass is 10.1. The van der Waals surface area contributed by atoms with Crippen LogP contribution in [0, 0.1) is 6.92 Å². The summed E-state index contributed by atoms with van der Waals surface area (Å²) in [7, 11) is 0. The fourth-order valence-electron chi connectivity index (χ4n) is 2.82. The minimum absolute atomic E-state index is 0.0212. The topological polar surface area (TPSA) is 41.6 Å². The zero-order chi connectivity index (χ0) is 16.2. The molecule has 3 rings (SSSR count). The number of ether oxygens (including phenoxy) is 1. The maximum Gasteiger partial charge on any atom is 0.317 e. The number of aryl methyl sites for hydroxylation is 1. The number of morpholine rings is 1. The van der Waals surface area contributed by atoms with Gasteiger partial charge in [-0.05, 0) is 31.5 Å². The molecule has 1 fully saturated rings. The summed E-state index contributed by atoms with van der Waals surface area (Å²) in [6, 6.07) is 14.2. The number of amides is 2. The molecular formula is C18H22N2O2S. The number of hydrogen-bond acceptors (Lipinski definition) is 3. The number of urea groups is 1. The van der Waals surface area contributed by atoms with Crippen molar-refractivity contribution in [1.82, 2.24) is 10.2 Å². The van der Waals surface area contributed by atoms with Gasteiger partial charge in [-0.1, -0.05) is 30.3 Å². The number of hydrogen-bond donors (Lipinski definition) is 1. The summed E-state index contributed by atoms with van der Waals surface area (Å²) in [5.74, 6) is 0. The van der Waals surface area contributed by atoms with Gasteiger partial charge in [0.05, 0.1) is 19.2 Å². The summed E-state index contributed by atoms with van der Waals surface area (Å²) < 4.78 is 6.00. The van der Waals surface area contributed by atoms with Crippen molar-refractivity contribution in [3.63, 3.8) is 0 Å². The molecule has 2 heterocycles. The fourth-order valence-corrected chi connectivity index (χ4v) is 3.65. The predicted molar refractivity (Wildman–Crippen MR) is 92.6 cm³/mol. The molecule has 2 unspecified atom stereocenters. The van der Waals surface area contributed by atoms with Crippen LogP contribution in [0.4, 0.5) is 4.79 Å². The Kier molecular flexibility index (Phi) is 4.98. The van der Waals surface area contributed by atoms with E-state index in [1.165, 1.54) is 9.75 Å². The summed E-state index contributed by atoms with van der Waals surface area (Å²) in [5.41, 5.74) is 1.12. The highest BCUT2D eigenvalue weighted by Gasteiger charge is 2.29. The first kappa shape index (κ1) is 16.0. The molecule has 1 aromatic carbocycles. The SMILES string of the molecule is Cc1ccc(CNC(=O)N2CC(C)OC(c3ccccc3)C2)s1. The quantitative estimate of drug-likeness (QED) is 0.932. The molecule has 0 aliphatic carbocycles. The third-order valence-corrected chi connectivity index (χ3v) is 4.93. The van der Waals surface area contributed by atoms with Crippen molar-refractivity contribution in [2.24, 2.45) is 0 Å². The van der Waals surface area contributed by atoms with Gasteiger partial charge in [-0.15, -0.1) is 11.3 Å². The van der Waals surface area contributed by atoms with Crippen LogP contribution in [0.25, 0.3) is 0 Å². The molecule has 0 bridgehead atoms. The first-order valence-electron chi connectivity index (χ1n) is 7.90. The van der Waals surface area contributed by atoms with Gasteiger partial charge in [0.1, 0.15) is 6.10 Å². The van der Waals surface area contributed by atoms with E-state index in [0.717, 1.165) is 5.56 Å². The molecule has 1 aliphatic rings. The second kappa shape index (κ2) is 7.15. The van der Waals surface area contributed by atoms with Crippen LogP contribution in [0.5, 0.6) is 0 Å². The van der Waals surface area contributed by atoms with Gasteiger partial charge < -0.3 is 15.0 Å². The van der Waals surface area contributed by atoms with Crippen molar-refractivity contribution >= 4 is 17.4 Å².